The second-order valence-electron chi connectivity index (χ2n) is 5.82. The van der Waals surface area contributed by atoms with E-state index in [1.165, 1.54) is 29.5 Å². The van der Waals surface area contributed by atoms with Gasteiger partial charge >= 0.3 is 6.18 Å². The van der Waals surface area contributed by atoms with Crippen molar-refractivity contribution in [3.8, 4) is 0 Å². The van der Waals surface area contributed by atoms with E-state index >= 15 is 0 Å². The average molecular weight is 443 g/mol. The van der Waals surface area contributed by atoms with E-state index in [2.05, 4.69) is 21.6 Å². The predicted molar refractivity (Wildman–Crippen MR) is 114 cm³/mol. The van der Waals surface area contributed by atoms with Crippen LogP contribution in [0.15, 0.2) is 57.9 Å². The maximum Gasteiger partial charge on any atom is 0.416 e. The molecule has 0 aliphatic heterocycles. The molecular weight excluding hydrogens is 421 g/mol. The average Bonchev–Trinajstić information content (AvgIpc) is 2.67. The van der Waals surface area contributed by atoms with Gasteiger partial charge in [0.15, 0.2) is 5.84 Å². The van der Waals surface area contributed by atoms with Crippen LogP contribution in [-0.2, 0) is 6.18 Å². The first kappa shape index (κ1) is 24.9. The number of amides is 1. The van der Waals surface area contributed by atoms with Crippen molar-refractivity contribution in [1.82, 2.24) is 4.90 Å². The quantitative estimate of drug-likeness (QED) is 0.497. The highest BCUT2D eigenvalue weighted by Gasteiger charge is 2.33. The number of halogens is 4. The van der Waals surface area contributed by atoms with E-state index in [4.69, 9.17) is 23.1 Å². The number of nitrogens with two attached hydrogens (primary N) is 2. The SMILES string of the molecule is C=C(N=C/C=C\N)N=C(N=CN)C(C)N(CC)C(=O)c1cc(Cl)cc(C(F)(F)F)c1. The van der Waals surface area contributed by atoms with Crippen molar-refractivity contribution in [2.45, 2.75) is 26.1 Å². The summed E-state index contributed by atoms with van der Waals surface area (Å²) in [6.45, 7) is 7.06. The molecule has 1 unspecified atom stereocenters. The van der Waals surface area contributed by atoms with E-state index in [9.17, 15) is 18.0 Å². The first-order valence-electron chi connectivity index (χ1n) is 8.66. The van der Waals surface area contributed by atoms with Gasteiger partial charge in [0.25, 0.3) is 5.91 Å². The third-order valence-electron chi connectivity index (χ3n) is 3.79. The molecule has 4 N–H and O–H groups in total. The molecule has 1 aromatic rings. The van der Waals surface area contributed by atoms with Gasteiger partial charge in [-0.3, -0.25) is 4.79 Å². The number of nitrogens with zero attached hydrogens (tertiary/aromatic N) is 4. The third kappa shape index (κ3) is 7.03. The van der Waals surface area contributed by atoms with Gasteiger partial charge in [-0.2, -0.15) is 13.2 Å². The molecule has 1 rings (SSSR count). The van der Waals surface area contributed by atoms with Gasteiger partial charge in [0.05, 0.1) is 17.9 Å². The number of carbonyl (C=O) groups excluding carboxylic acids is 1. The van der Waals surface area contributed by atoms with Crippen molar-refractivity contribution in [3.63, 3.8) is 0 Å². The molecule has 0 aliphatic carbocycles. The fourth-order valence-corrected chi connectivity index (χ4v) is 2.66. The lowest BCUT2D eigenvalue weighted by Gasteiger charge is -2.28. The monoisotopic (exact) mass is 442 g/mol. The fourth-order valence-electron chi connectivity index (χ4n) is 2.42. The van der Waals surface area contributed by atoms with Crippen molar-refractivity contribution < 1.29 is 18.0 Å². The Morgan fingerprint density at radius 1 is 1.30 bits per heavy atom. The summed E-state index contributed by atoms with van der Waals surface area (Å²) in [5.41, 5.74) is 9.33. The standard InChI is InChI=1S/C19H22ClF3N6O/c1-4-29(12(2)17(27-11-25)28-13(3)26-7-5-6-24)18(30)14-8-15(19(21,22)23)10-16(20)9-14/h5-12H,3-4,24H2,1-2H3,(H2,25,27,28)/b6-5-,26-7?. The molecule has 1 atom stereocenters. The molecule has 0 saturated carbocycles. The summed E-state index contributed by atoms with van der Waals surface area (Å²) in [4.78, 5) is 26.2. The Morgan fingerprint density at radius 2 is 1.97 bits per heavy atom. The largest absolute Gasteiger partial charge is 0.416 e. The van der Waals surface area contributed by atoms with E-state index in [1.807, 2.05) is 0 Å². The number of benzene rings is 1. The van der Waals surface area contributed by atoms with Gasteiger partial charge in [0, 0.05) is 23.3 Å². The van der Waals surface area contributed by atoms with E-state index in [0.29, 0.717) is 0 Å². The van der Waals surface area contributed by atoms with Crippen LogP contribution in [0.4, 0.5) is 13.2 Å². The minimum Gasteiger partial charge on any atom is -0.405 e. The molecule has 0 heterocycles. The van der Waals surface area contributed by atoms with Crippen LogP contribution in [0.3, 0.4) is 0 Å². The van der Waals surface area contributed by atoms with Crippen LogP contribution in [-0.4, -0.2) is 41.8 Å². The van der Waals surface area contributed by atoms with Gasteiger partial charge in [-0.05, 0) is 44.3 Å². The lowest BCUT2D eigenvalue weighted by Crippen LogP contribution is -2.43. The molecule has 11 heteroatoms. The first-order chi connectivity index (χ1) is 14.0. The Labute approximate surface area is 177 Å². The van der Waals surface area contributed by atoms with Crippen LogP contribution in [0.2, 0.25) is 5.02 Å². The Kier molecular flexibility index (Phi) is 9.25. The number of rotatable bonds is 7. The number of allylic oxidation sites excluding steroid dienone is 1. The number of carbonyl (C=O) groups is 1. The lowest BCUT2D eigenvalue weighted by atomic mass is 10.1. The van der Waals surface area contributed by atoms with Crippen molar-refractivity contribution >= 4 is 35.9 Å². The molecule has 0 aromatic heterocycles. The highest BCUT2D eigenvalue weighted by atomic mass is 35.5. The number of hydrogen-bond acceptors (Lipinski definition) is 4. The van der Waals surface area contributed by atoms with Crippen molar-refractivity contribution in [1.29, 1.82) is 0 Å². The number of aliphatic imine (C=N–C) groups is 3. The van der Waals surface area contributed by atoms with Gasteiger partial charge < -0.3 is 16.4 Å². The molecule has 30 heavy (non-hydrogen) atoms. The van der Waals surface area contributed by atoms with E-state index in [1.54, 1.807) is 13.8 Å². The van der Waals surface area contributed by atoms with Crippen molar-refractivity contribution in [2.24, 2.45) is 26.4 Å². The lowest BCUT2D eigenvalue weighted by molar-refractivity contribution is -0.137. The zero-order valence-corrected chi connectivity index (χ0v) is 17.2. The number of hydrogen-bond donors (Lipinski definition) is 2. The zero-order valence-electron chi connectivity index (χ0n) is 16.4. The van der Waals surface area contributed by atoms with Crippen LogP contribution in [0.5, 0.6) is 0 Å². The number of likely N-dealkylation sites (N-methyl/N-ethyl adjacent to an activating group) is 1. The van der Waals surface area contributed by atoms with Crippen molar-refractivity contribution in [2.75, 3.05) is 6.54 Å². The summed E-state index contributed by atoms with van der Waals surface area (Å²) < 4.78 is 39.2. The molecular formula is C19H22ClF3N6O. The van der Waals surface area contributed by atoms with Crippen molar-refractivity contribution in [3.05, 3.63) is 59.0 Å². The second-order valence-corrected chi connectivity index (χ2v) is 6.26. The Hall–Kier alpha value is -3.14. The Morgan fingerprint density at radius 3 is 2.50 bits per heavy atom. The van der Waals surface area contributed by atoms with Crippen LogP contribution in [0.25, 0.3) is 0 Å². The summed E-state index contributed by atoms with van der Waals surface area (Å²) >= 11 is 5.79. The topological polar surface area (TPSA) is 109 Å². The predicted octanol–water partition coefficient (Wildman–Crippen LogP) is 3.61. The van der Waals surface area contributed by atoms with E-state index < -0.39 is 23.7 Å². The zero-order chi connectivity index (χ0) is 22.9. The third-order valence-corrected chi connectivity index (χ3v) is 4.00. The summed E-state index contributed by atoms with van der Waals surface area (Å²) in [5, 5.41) is -0.207. The van der Waals surface area contributed by atoms with Gasteiger partial charge in [-0.1, -0.05) is 18.2 Å². The second kappa shape index (κ2) is 11.1. The smallest absolute Gasteiger partial charge is 0.405 e. The molecule has 162 valence electrons. The van der Waals surface area contributed by atoms with Gasteiger partial charge in [-0.25, -0.2) is 15.0 Å². The van der Waals surface area contributed by atoms with Gasteiger partial charge in [0.2, 0.25) is 0 Å². The molecule has 1 amide bonds. The summed E-state index contributed by atoms with van der Waals surface area (Å²) in [5.74, 6) is -0.533. The Balaban J connectivity index is 3.30. The minimum atomic E-state index is -4.65. The molecule has 0 aliphatic rings. The van der Waals surface area contributed by atoms with Gasteiger partial charge in [-0.15, -0.1) is 0 Å². The molecule has 0 fully saturated rings. The highest BCUT2D eigenvalue weighted by molar-refractivity contribution is 6.31. The number of amidine groups is 1. The minimum absolute atomic E-state index is 0.0613. The summed E-state index contributed by atoms with van der Waals surface area (Å²) in [6, 6.07) is 1.91. The summed E-state index contributed by atoms with van der Waals surface area (Å²) in [6.07, 6.45) is 0.404. The molecule has 0 saturated heterocycles. The van der Waals surface area contributed by atoms with Crippen LogP contribution in [0, 0.1) is 0 Å². The Bertz CT molecular complexity index is 893. The normalized spacial score (nSPS) is 14.0. The summed E-state index contributed by atoms with van der Waals surface area (Å²) in [7, 11) is 0. The molecule has 1 aromatic carbocycles. The molecule has 7 nitrogen and oxygen atoms in total. The first-order valence-corrected chi connectivity index (χ1v) is 9.04. The van der Waals surface area contributed by atoms with Gasteiger partial charge in [0.1, 0.15) is 5.82 Å². The van der Waals surface area contributed by atoms with E-state index in [-0.39, 0.29) is 28.8 Å². The van der Waals surface area contributed by atoms with Crippen LogP contribution < -0.4 is 11.5 Å². The molecule has 0 radical (unpaired) electrons. The molecule has 0 bridgehead atoms. The maximum absolute atomic E-state index is 13.1. The highest BCUT2D eigenvalue weighted by Crippen LogP contribution is 2.32. The van der Waals surface area contributed by atoms with Crippen LogP contribution in [0.1, 0.15) is 29.8 Å². The fraction of sp³-hybridized carbons (Fsp3) is 0.263. The number of alkyl halides is 3. The molecule has 0 spiro atoms. The maximum atomic E-state index is 13.1. The van der Waals surface area contributed by atoms with E-state index in [0.717, 1.165) is 18.5 Å². The van der Waals surface area contributed by atoms with Crippen LogP contribution >= 0.6 is 11.6 Å².